The maximum absolute atomic E-state index is 6.61. The monoisotopic (exact) mass is 426 g/mol. The first-order chi connectivity index (χ1) is 14.8. The molecule has 158 valence electrons. The summed E-state index contributed by atoms with van der Waals surface area (Å²) in [7, 11) is 1.68. The molecule has 0 radical (unpaired) electrons. The van der Waals surface area contributed by atoms with Gasteiger partial charge in [-0.2, -0.15) is 0 Å². The van der Waals surface area contributed by atoms with Gasteiger partial charge in [0.1, 0.15) is 0 Å². The second kappa shape index (κ2) is 10.1. The van der Waals surface area contributed by atoms with Gasteiger partial charge in [0, 0.05) is 44.9 Å². The molecule has 4 rings (SSSR count). The largest absolute Gasteiger partial charge is 0.383 e. The lowest BCUT2D eigenvalue weighted by molar-refractivity contribution is 0.0989. The third kappa shape index (κ3) is 4.87. The molecule has 30 heavy (non-hydrogen) atoms. The van der Waals surface area contributed by atoms with E-state index in [9.17, 15) is 0 Å². The van der Waals surface area contributed by atoms with Gasteiger partial charge in [-0.3, -0.25) is 9.80 Å². The van der Waals surface area contributed by atoms with Crippen LogP contribution in [0, 0.1) is 0 Å². The Labute approximate surface area is 182 Å². The molecule has 8 heteroatoms. The summed E-state index contributed by atoms with van der Waals surface area (Å²) < 4.78 is 7.06. The number of hydrogen-bond donors (Lipinski definition) is 0. The van der Waals surface area contributed by atoms with E-state index in [0.29, 0.717) is 13.2 Å². The molecular formula is C22H27ClN6O. The molecule has 0 aliphatic carbocycles. The molecule has 0 N–H and O–H groups in total. The van der Waals surface area contributed by atoms with E-state index < -0.39 is 0 Å². The van der Waals surface area contributed by atoms with Gasteiger partial charge in [0.15, 0.2) is 5.82 Å². The standard InChI is InChI=1S/C22H27ClN6O/c1-30-16-15-29-22(24-25-26-29)21(19-9-5-6-10-20(19)23)28-13-11-27(12-14-28)17-18-7-3-2-4-8-18/h2-10,21H,11-17H2,1H3. The summed E-state index contributed by atoms with van der Waals surface area (Å²) in [6.45, 7) is 5.92. The molecule has 1 saturated heterocycles. The summed E-state index contributed by atoms with van der Waals surface area (Å²) in [5.74, 6) is 0.802. The van der Waals surface area contributed by atoms with Gasteiger partial charge in [0.2, 0.25) is 0 Å². The lowest BCUT2D eigenvalue weighted by atomic mass is 10.0. The van der Waals surface area contributed by atoms with Crippen molar-refractivity contribution in [2.45, 2.75) is 19.1 Å². The highest BCUT2D eigenvalue weighted by molar-refractivity contribution is 6.31. The number of ether oxygens (including phenoxy) is 1. The highest BCUT2D eigenvalue weighted by atomic mass is 35.5. The number of piperazine rings is 1. The number of aromatic nitrogens is 4. The van der Waals surface area contributed by atoms with Gasteiger partial charge in [-0.25, -0.2) is 4.68 Å². The van der Waals surface area contributed by atoms with Gasteiger partial charge in [-0.05, 0) is 27.6 Å². The summed E-state index contributed by atoms with van der Waals surface area (Å²) >= 11 is 6.61. The van der Waals surface area contributed by atoms with E-state index in [2.05, 4.69) is 61.7 Å². The van der Waals surface area contributed by atoms with E-state index >= 15 is 0 Å². The normalized spacial score (nSPS) is 16.6. The highest BCUT2D eigenvalue weighted by Gasteiger charge is 2.31. The van der Waals surface area contributed by atoms with E-state index in [0.717, 1.165) is 49.1 Å². The molecule has 1 aliphatic rings. The third-order valence-electron chi connectivity index (χ3n) is 5.53. The van der Waals surface area contributed by atoms with Crippen LogP contribution in [-0.2, 0) is 17.8 Å². The Balaban J connectivity index is 1.54. The van der Waals surface area contributed by atoms with E-state index in [4.69, 9.17) is 16.3 Å². The van der Waals surface area contributed by atoms with Crippen LogP contribution in [0.25, 0.3) is 0 Å². The van der Waals surface area contributed by atoms with E-state index in [-0.39, 0.29) is 6.04 Å². The van der Waals surface area contributed by atoms with Crippen molar-refractivity contribution >= 4 is 11.6 Å². The van der Waals surface area contributed by atoms with Crippen LogP contribution in [0.1, 0.15) is 23.0 Å². The van der Waals surface area contributed by atoms with Crippen LogP contribution in [0.4, 0.5) is 0 Å². The number of methoxy groups -OCH3 is 1. The Morgan fingerprint density at radius 1 is 1.00 bits per heavy atom. The lowest BCUT2D eigenvalue weighted by Crippen LogP contribution is -2.48. The minimum atomic E-state index is -0.0931. The van der Waals surface area contributed by atoms with Crippen molar-refractivity contribution in [3.05, 3.63) is 76.6 Å². The molecule has 0 amide bonds. The summed E-state index contributed by atoms with van der Waals surface area (Å²) in [5, 5.41) is 13.2. The van der Waals surface area contributed by atoms with Crippen molar-refractivity contribution in [2.24, 2.45) is 0 Å². The van der Waals surface area contributed by atoms with E-state index in [1.165, 1.54) is 5.56 Å². The van der Waals surface area contributed by atoms with Crippen LogP contribution in [0.15, 0.2) is 54.6 Å². The molecule has 1 atom stereocenters. The fraction of sp³-hybridized carbons (Fsp3) is 0.409. The van der Waals surface area contributed by atoms with Crippen LogP contribution in [0.2, 0.25) is 5.02 Å². The Morgan fingerprint density at radius 3 is 2.47 bits per heavy atom. The number of hydrogen-bond acceptors (Lipinski definition) is 6. The summed E-state index contributed by atoms with van der Waals surface area (Å²) in [4.78, 5) is 4.92. The van der Waals surface area contributed by atoms with Gasteiger partial charge in [-0.15, -0.1) is 5.10 Å². The quantitative estimate of drug-likeness (QED) is 0.552. The number of benzene rings is 2. The summed E-state index contributed by atoms with van der Waals surface area (Å²) in [6, 6.07) is 18.5. The summed E-state index contributed by atoms with van der Waals surface area (Å²) in [5.41, 5.74) is 2.38. The van der Waals surface area contributed by atoms with Crippen molar-refractivity contribution < 1.29 is 4.74 Å². The van der Waals surface area contributed by atoms with E-state index in [1.807, 2.05) is 22.9 Å². The minimum absolute atomic E-state index is 0.0931. The van der Waals surface area contributed by atoms with E-state index in [1.54, 1.807) is 7.11 Å². The zero-order valence-electron chi connectivity index (χ0n) is 17.2. The molecule has 1 aromatic heterocycles. The highest BCUT2D eigenvalue weighted by Crippen LogP contribution is 2.32. The van der Waals surface area contributed by atoms with Crippen molar-refractivity contribution in [1.82, 2.24) is 30.0 Å². The molecule has 0 bridgehead atoms. The van der Waals surface area contributed by atoms with Crippen LogP contribution >= 0.6 is 11.6 Å². The van der Waals surface area contributed by atoms with Gasteiger partial charge in [-0.1, -0.05) is 60.1 Å². The van der Waals surface area contributed by atoms with Crippen molar-refractivity contribution in [3.63, 3.8) is 0 Å². The second-order valence-electron chi connectivity index (χ2n) is 7.47. The average Bonchev–Trinajstić information content (AvgIpc) is 3.24. The first-order valence-electron chi connectivity index (χ1n) is 10.3. The SMILES string of the molecule is COCCn1nnnc1C(c1ccccc1Cl)N1CCN(Cc2ccccc2)CC1. The first kappa shape index (κ1) is 20.9. The molecule has 7 nitrogen and oxygen atoms in total. The summed E-state index contributed by atoms with van der Waals surface area (Å²) in [6.07, 6.45) is 0. The van der Waals surface area contributed by atoms with Gasteiger partial charge in [0.25, 0.3) is 0 Å². The van der Waals surface area contributed by atoms with Crippen LogP contribution in [-0.4, -0.2) is 69.9 Å². The van der Waals surface area contributed by atoms with Crippen molar-refractivity contribution in [2.75, 3.05) is 39.9 Å². The predicted molar refractivity (Wildman–Crippen MR) is 116 cm³/mol. The molecule has 1 aliphatic heterocycles. The Bertz CT molecular complexity index is 926. The van der Waals surface area contributed by atoms with Crippen LogP contribution in [0.5, 0.6) is 0 Å². The molecule has 2 heterocycles. The topological polar surface area (TPSA) is 59.3 Å². The van der Waals surface area contributed by atoms with Gasteiger partial charge >= 0.3 is 0 Å². The fourth-order valence-corrected chi connectivity index (χ4v) is 4.20. The predicted octanol–water partition coefficient (Wildman–Crippen LogP) is 2.88. The number of halogens is 1. The molecule has 1 fully saturated rings. The maximum atomic E-state index is 6.61. The third-order valence-corrected chi connectivity index (χ3v) is 5.88. The molecule has 3 aromatic rings. The molecule has 1 unspecified atom stereocenters. The molecule has 0 spiro atoms. The smallest absolute Gasteiger partial charge is 0.173 e. The maximum Gasteiger partial charge on any atom is 0.173 e. The number of rotatable bonds is 8. The Hall–Kier alpha value is -2.32. The zero-order chi connectivity index (χ0) is 20.8. The average molecular weight is 427 g/mol. The van der Waals surface area contributed by atoms with Gasteiger partial charge in [0.05, 0.1) is 19.2 Å². The van der Waals surface area contributed by atoms with Crippen LogP contribution < -0.4 is 0 Å². The first-order valence-corrected chi connectivity index (χ1v) is 10.6. The number of tetrazole rings is 1. The molecule has 0 saturated carbocycles. The lowest BCUT2D eigenvalue weighted by Gasteiger charge is -2.39. The second-order valence-corrected chi connectivity index (χ2v) is 7.88. The fourth-order valence-electron chi connectivity index (χ4n) is 3.96. The van der Waals surface area contributed by atoms with Gasteiger partial charge < -0.3 is 4.74 Å². The van der Waals surface area contributed by atoms with Crippen molar-refractivity contribution in [3.8, 4) is 0 Å². The van der Waals surface area contributed by atoms with Crippen LogP contribution in [0.3, 0.4) is 0 Å². The molecular weight excluding hydrogens is 400 g/mol. The minimum Gasteiger partial charge on any atom is -0.383 e. The number of nitrogens with zero attached hydrogens (tertiary/aromatic N) is 6. The molecule has 2 aromatic carbocycles. The Kier molecular flexibility index (Phi) is 7.07. The Morgan fingerprint density at radius 2 is 1.73 bits per heavy atom. The van der Waals surface area contributed by atoms with Crippen molar-refractivity contribution in [1.29, 1.82) is 0 Å². The zero-order valence-corrected chi connectivity index (χ0v) is 17.9.